The van der Waals surface area contributed by atoms with Crippen LogP contribution in [0.1, 0.15) is 16.9 Å². The van der Waals surface area contributed by atoms with Crippen molar-refractivity contribution in [2.45, 2.75) is 18.6 Å². The molecule has 136 valence electrons. The second-order valence-corrected chi connectivity index (χ2v) is 6.78. The highest BCUT2D eigenvalue weighted by atomic mass is 16.6. The van der Waals surface area contributed by atoms with Gasteiger partial charge in [-0.05, 0) is 18.6 Å². The first-order valence-corrected chi connectivity index (χ1v) is 8.92. The molecule has 2 atom stereocenters. The Balaban J connectivity index is 1.31. The quantitative estimate of drug-likeness (QED) is 0.832. The Morgan fingerprint density at radius 3 is 2.84 bits per heavy atom. The summed E-state index contributed by atoms with van der Waals surface area (Å²) in [6.07, 6.45) is 2.18. The molecule has 0 spiro atoms. The van der Waals surface area contributed by atoms with Gasteiger partial charge in [0.05, 0.1) is 25.8 Å². The molecular weight excluding hydrogens is 324 g/mol. The van der Waals surface area contributed by atoms with E-state index in [0.717, 1.165) is 39.3 Å². The SMILES string of the molecule is O=C(c1ccc[nH]1)N1C[C@H]2OC(=O)N(CCCN3CCOCC3)[C@H]2C1. The lowest BCUT2D eigenvalue weighted by atomic mass is 10.2. The van der Waals surface area contributed by atoms with Crippen LogP contribution in [-0.2, 0) is 9.47 Å². The molecule has 0 aromatic carbocycles. The van der Waals surface area contributed by atoms with Crippen molar-refractivity contribution in [2.24, 2.45) is 0 Å². The molecule has 1 aromatic heterocycles. The minimum absolute atomic E-state index is 0.0314. The van der Waals surface area contributed by atoms with Crippen LogP contribution in [0.5, 0.6) is 0 Å². The Morgan fingerprint density at radius 2 is 2.08 bits per heavy atom. The van der Waals surface area contributed by atoms with Gasteiger partial charge in [0.1, 0.15) is 11.8 Å². The Morgan fingerprint density at radius 1 is 1.24 bits per heavy atom. The van der Waals surface area contributed by atoms with Gasteiger partial charge in [0.25, 0.3) is 5.91 Å². The predicted octanol–water partition coefficient (Wildman–Crippen LogP) is 0.382. The Kier molecular flexibility index (Phi) is 4.63. The molecule has 1 N–H and O–H groups in total. The largest absolute Gasteiger partial charge is 0.442 e. The maximum atomic E-state index is 12.5. The van der Waals surface area contributed by atoms with Gasteiger partial charge in [-0.3, -0.25) is 14.6 Å². The molecule has 8 heteroatoms. The molecule has 3 saturated heterocycles. The summed E-state index contributed by atoms with van der Waals surface area (Å²) in [5.74, 6) is -0.0382. The lowest BCUT2D eigenvalue weighted by Crippen LogP contribution is -2.42. The molecule has 4 heterocycles. The summed E-state index contributed by atoms with van der Waals surface area (Å²) in [6.45, 7) is 6.10. The number of aromatic amines is 1. The van der Waals surface area contributed by atoms with E-state index in [9.17, 15) is 9.59 Å². The number of aromatic nitrogens is 1. The van der Waals surface area contributed by atoms with Crippen LogP contribution in [-0.4, -0.2) is 96.3 Å². The molecule has 0 unspecified atom stereocenters. The van der Waals surface area contributed by atoms with Crippen LogP contribution in [0.15, 0.2) is 18.3 Å². The summed E-state index contributed by atoms with van der Waals surface area (Å²) >= 11 is 0. The van der Waals surface area contributed by atoms with Crippen molar-refractivity contribution < 1.29 is 19.1 Å². The third kappa shape index (κ3) is 3.36. The maximum absolute atomic E-state index is 12.5. The highest BCUT2D eigenvalue weighted by Crippen LogP contribution is 2.28. The highest BCUT2D eigenvalue weighted by molar-refractivity contribution is 5.92. The van der Waals surface area contributed by atoms with Crippen LogP contribution in [0, 0.1) is 0 Å². The summed E-state index contributed by atoms with van der Waals surface area (Å²) in [5, 5.41) is 0. The van der Waals surface area contributed by atoms with E-state index < -0.39 is 0 Å². The van der Waals surface area contributed by atoms with Crippen molar-refractivity contribution in [2.75, 3.05) is 52.5 Å². The summed E-state index contributed by atoms with van der Waals surface area (Å²) in [5.41, 5.74) is 0.574. The summed E-state index contributed by atoms with van der Waals surface area (Å²) in [6, 6.07) is 3.54. The fourth-order valence-corrected chi connectivity index (χ4v) is 3.85. The first-order valence-electron chi connectivity index (χ1n) is 8.92. The predicted molar refractivity (Wildman–Crippen MR) is 89.3 cm³/mol. The van der Waals surface area contributed by atoms with E-state index >= 15 is 0 Å². The highest BCUT2D eigenvalue weighted by Gasteiger charge is 2.48. The van der Waals surface area contributed by atoms with Crippen molar-refractivity contribution in [3.8, 4) is 0 Å². The number of fused-ring (bicyclic) bond motifs is 1. The molecule has 3 fully saturated rings. The third-order valence-electron chi connectivity index (χ3n) is 5.22. The van der Waals surface area contributed by atoms with Gasteiger partial charge in [0.15, 0.2) is 0 Å². The number of H-pyrrole nitrogens is 1. The van der Waals surface area contributed by atoms with Crippen molar-refractivity contribution >= 4 is 12.0 Å². The molecule has 4 rings (SSSR count). The minimum Gasteiger partial charge on any atom is -0.442 e. The average Bonchev–Trinajstić information content (AvgIpc) is 3.33. The first-order chi connectivity index (χ1) is 12.2. The van der Waals surface area contributed by atoms with E-state index in [1.54, 1.807) is 22.1 Å². The molecule has 0 radical (unpaired) electrons. The van der Waals surface area contributed by atoms with Crippen molar-refractivity contribution in [1.29, 1.82) is 0 Å². The monoisotopic (exact) mass is 348 g/mol. The lowest BCUT2D eigenvalue weighted by molar-refractivity contribution is 0.0362. The molecule has 0 bridgehead atoms. The summed E-state index contributed by atoms with van der Waals surface area (Å²) in [4.78, 5) is 33.5. The van der Waals surface area contributed by atoms with Crippen LogP contribution < -0.4 is 0 Å². The number of carbonyl (C=O) groups excluding carboxylic acids is 2. The molecule has 1 aromatic rings. The zero-order valence-electron chi connectivity index (χ0n) is 14.2. The number of likely N-dealkylation sites (tertiary alicyclic amines) is 1. The van der Waals surface area contributed by atoms with Crippen molar-refractivity contribution in [1.82, 2.24) is 19.7 Å². The number of hydrogen-bond acceptors (Lipinski definition) is 5. The molecule has 2 amide bonds. The van der Waals surface area contributed by atoms with Gasteiger partial charge in [0.2, 0.25) is 0 Å². The van der Waals surface area contributed by atoms with Gasteiger partial charge >= 0.3 is 6.09 Å². The van der Waals surface area contributed by atoms with E-state index in [1.807, 2.05) is 6.07 Å². The van der Waals surface area contributed by atoms with Gasteiger partial charge < -0.3 is 19.4 Å². The Hall–Kier alpha value is -2.06. The molecular formula is C17H24N4O4. The lowest BCUT2D eigenvalue weighted by Gasteiger charge is -2.28. The minimum atomic E-state index is -0.246. The number of nitrogens with one attached hydrogen (secondary N) is 1. The fraction of sp³-hybridized carbons (Fsp3) is 0.647. The number of hydrogen-bond donors (Lipinski definition) is 1. The Bertz CT molecular complexity index is 614. The molecule has 3 aliphatic heterocycles. The van der Waals surface area contributed by atoms with E-state index in [0.29, 0.717) is 25.3 Å². The number of rotatable bonds is 5. The van der Waals surface area contributed by atoms with Crippen LogP contribution >= 0.6 is 0 Å². The van der Waals surface area contributed by atoms with Crippen LogP contribution in [0.2, 0.25) is 0 Å². The average molecular weight is 348 g/mol. The van der Waals surface area contributed by atoms with Gasteiger partial charge in [-0.1, -0.05) is 0 Å². The summed E-state index contributed by atoms with van der Waals surface area (Å²) < 4.78 is 10.8. The molecule has 8 nitrogen and oxygen atoms in total. The zero-order valence-corrected chi connectivity index (χ0v) is 14.2. The second-order valence-electron chi connectivity index (χ2n) is 6.78. The molecule has 0 saturated carbocycles. The normalized spacial score (nSPS) is 26.8. The van der Waals surface area contributed by atoms with E-state index in [-0.39, 0.29) is 24.1 Å². The van der Waals surface area contributed by atoms with Gasteiger partial charge in [-0.2, -0.15) is 0 Å². The zero-order chi connectivity index (χ0) is 17.2. The number of nitrogens with zero attached hydrogens (tertiary/aromatic N) is 3. The van der Waals surface area contributed by atoms with Gasteiger partial charge in [0, 0.05) is 38.9 Å². The third-order valence-corrected chi connectivity index (χ3v) is 5.22. The van der Waals surface area contributed by atoms with Crippen LogP contribution in [0.3, 0.4) is 0 Å². The Labute approximate surface area is 146 Å². The van der Waals surface area contributed by atoms with Gasteiger partial charge in [-0.15, -0.1) is 0 Å². The maximum Gasteiger partial charge on any atom is 0.410 e. The van der Waals surface area contributed by atoms with Crippen LogP contribution in [0.4, 0.5) is 4.79 Å². The van der Waals surface area contributed by atoms with E-state index in [1.165, 1.54) is 0 Å². The summed E-state index contributed by atoms with van der Waals surface area (Å²) in [7, 11) is 0. The second kappa shape index (κ2) is 7.05. The number of ether oxygens (including phenoxy) is 2. The smallest absolute Gasteiger partial charge is 0.410 e. The van der Waals surface area contributed by atoms with E-state index in [2.05, 4.69) is 9.88 Å². The topological polar surface area (TPSA) is 78.1 Å². The standard InChI is InChI=1S/C17H24N4O4/c22-16(13-3-1-4-18-13)20-11-14-15(12-20)25-17(23)21(14)6-2-5-19-7-9-24-10-8-19/h1,3-4,14-15,18H,2,5-12H2/t14-,15+/m0/s1. The molecule has 25 heavy (non-hydrogen) atoms. The number of carbonyl (C=O) groups is 2. The number of amides is 2. The van der Waals surface area contributed by atoms with Gasteiger partial charge in [-0.25, -0.2) is 4.79 Å². The van der Waals surface area contributed by atoms with Crippen molar-refractivity contribution in [3.63, 3.8) is 0 Å². The fourth-order valence-electron chi connectivity index (χ4n) is 3.85. The number of morpholine rings is 1. The van der Waals surface area contributed by atoms with Crippen LogP contribution in [0.25, 0.3) is 0 Å². The van der Waals surface area contributed by atoms with Crippen molar-refractivity contribution in [3.05, 3.63) is 24.0 Å². The molecule has 0 aliphatic carbocycles. The first kappa shape index (κ1) is 16.4. The van der Waals surface area contributed by atoms with E-state index in [4.69, 9.17) is 9.47 Å². The molecule has 3 aliphatic rings.